The minimum absolute atomic E-state index is 0.0216. The van der Waals surface area contributed by atoms with Gasteiger partial charge < -0.3 is 9.30 Å². The van der Waals surface area contributed by atoms with Crippen molar-refractivity contribution in [3.63, 3.8) is 0 Å². The van der Waals surface area contributed by atoms with Gasteiger partial charge in [-0.2, -0.15) is 0 Å². The van der Waals surface area contributed by atoms with Gasteiger partial charge in [0, 0.05) is 43.7 Å². The Bertz CT molecular complexity index is 1810. The summed E-state index contributed by atoms with van der Waals surface area (Å²) in [5.74, 6) is 1.46. The standard InChI is InChI=1S/C40H39Cl2O3P/c1-25-20-22-45-40(25)21-19-37-35-17-5-27-23-30(43)10-18-34(27)38(35)36(24-39(37,40)2)26-3-11-31(12-4-26)46(44,32-13-6-28(41)7-14-32)33-15-8-29(42)9-16-33/h3-4,6-9,11-16,23,35-37H,1,5,10,17-22,24H2,2H3/t35-,36+,37-,39-,40+/m0/s1. The van der Waals surface area contributed by atoms with E-state index in [0.717, 1.165) is 67.5 Å². The molecule has 46 heavy (non-hydrogen) atoms. The molecule has 4 aliphatic carbocycles. The van der Waals surface area contributed by atoms with Crippen LogP contribution in [0.1, 0.15) is 69.8 Å². The van der Waals surface area contributed by atoms with E-state index in [9.17, 15) is 4.79 Å². The Morgan fingerprint density at radius 1 is 0.826 bits per heavy atom. The zero-order valence-electron chi connectivity index (χ0n) is 26.2. The lowest BCUT2D eigenvalue weighted by Gasteiger charge is -2.55. The van der Waals surface area contributed by atoms with Gasteiger partial charge in [0.1, 0.15) is 0 Å². The van der Waals surface area contributed by atoms with E-state index < -0.39 is 7.14 Å². The Balaban J connectivity index is 1.26. The zero-order chi connectivity index (χ0) is 31.8. The summed E-state index contributed by atoms with van der Waals surface area (Å²) in [5, 5.41) is 3.48. The molecule has 3 fully saturated rings. The van der Waals surface area contributed by atoms with Gasteiger partial charge in [-0.1, -0.05) is 66.5 Å². The van der Waals surface area contributed by atoms with Crippen molar-refractivity contribution in [3.8, 4) is 0 Å². The maximum atomic E-state index is 15.2. The molecule has 236 valence electrons. The minimum Gasteiger partial charge on any atom is -0.370 e. The third-order valence-electron chi connectivity index (χ3n) is 12.2. The highest BCUT2D eigenvalue weighted by molar-refractivity contribution is 7.85. The lowest BCUT2D eigenvalue weighted by Crippen LogP contribution is -2.52. The van der Waals surface area contributed by atoms with Gasteiger partial charge >= 0.3 is 0 Å². The number of hydrogen-bond acceptors (Lipinski definition) is 3. The highest BCUT2D eigenvalue weighted by Crippen LogP contribution is 2.70. The average Bonchev–Trinajstić information content (AvgIpc) is 3.59. The summed E-state index contributed by atoms with van der Waals surface area (Å²) < 4.78 is 21.9. The van der Waals surface area contributed by atoms with Crippen LogP contribution in [0.15, 0.2) is 108 Å². The number of hydrogen-bond donors (Lipinski definition) is 0. The van der Waals surface area contributed by atoms with E-state index in [4.69, 9.17) is 27.9 Å². The lowest BCUT2D eigenvalue weighted by atomic mass is 9.50. The van der Waals surface area contributed by atoms with Crippen LogP contribution in [0.4, 0.5) is 0 Å². The van der Waals surface area contributed by atoms with Gasteiger partial charge in [-0.15, -0.1) is 0 Å². The van der Waals surface area contributed by atoms with Crippen LogP contribution in [0.5, 0.6) is 0 Å². The number of fused-ring (bicyclic) bond motifs is 5. The van der Waals surface area contributed by atoms with Crippen LogP contribution in [0, 0.1) is 17.3 Å². The van der Waals surface area contributed by atoms with E-state index in [1.807, 2.05) is 30.3 Å². The number of carbonyl (C=O) groups excluding carboxylic acids is 1. The summed E-state index contributed by atoms with van der Waals surface area (Å²) in [6.45, 7) is 7.82. The number of benzene rings is 3. The predicted octanol–water partition coefficient (Wildman–Crippen LogP) is 9.25. The number of ketones is 1. The summed E-state index contributed by atoms with van der Waals surface area (Å²) in [4.78, 5) is 12.5. The fourth-order valence-corrected chi connectivity index (χ4v) is 12.9. The topological polar surface area (TPSA) is 43.4 Å². The molecule has 5 aliphatic rings. The maximum Gasteiger partial charge on any atom is 0.171 e. The van der Waals surface area contributed by atoms with Gasteiger partial charge in [0.25, 0.3) is 0 Å². The van der Waals surface area contributed by atoms with Crippen molar-refractivity contribution in [1.82, 2.24) is 0 Å². The SMILES string of the molecule is C=C1CCO[C@]12CC[C@H]1[C@@H]3CCC4=CC(=O)CCC4=C3[C@@H](c3ccc(P(=O)(c4ccc(Cl)cc4)c4ccc(Cl)cc4)cc3)C[C@@]12C. The number of halogens is 2. The quantitative estimate of drug-likeness (QED) is 0.206. The molecule has 0 radical (unpaired) electrons. The number of ether oxygens (including phenoxy) is 1. The van der Waals surface area contributed by atoms with Gasteiger partial charge in [-0.25, -0.2) is 0 Å². The first kappa shape index (κ1) is 30.6. The van der Waals surface area contributed by atoms with E-state index in [1.165, 1.54) is 22.3 Å². The van der Waals surface area contributed by atoms with Crippen LogP contribution in [-0.4, -0.2) is 18.0 Å². The number of allylic oxidation sites excluding steroid dienone is 4. The Kier molecular flexibility index (Phi) is 7.46. The van der Waals surface area contributed by atoms with Gasteiger partial charge in [0.15, 0.2) is 12.9 Å². The second kappa shape index (κ2) is 11.2. The highest BCUT2D eigenvalue weighted by atomic mass is 35.5. The largest absolute Gasteiger partial charge is 0.370 e. The van der Waals surface area contributed by atoms with Gasteiger partial charge in [-0.05, 0) is 134 Å². The Morgan fingerprint density at radius 3 is 2.02 bits per heavy atom. The lowest BCUT2D eigenvalue weighted by molar-refractivity contribution is -0.114. The highest BCUT2D eigenvalue weighted by Gasteiger charge is 2.66. The molecule has 5 atom stereocenters. The molecule has 0 unspecified atom stereocenters. The summed E-state index contributed by atoms with van der Waals surface area (Å²) in [7, 11) is -3.20. The maximum absolute atomic E-state index is 15.2. The monoisotopic (exact) mass is 668 g/mol. The predicted molar refractivity (Wildman–Crippen MR) is 189 cm³/mol. The van der Waals surface area contributed by atoms with Gasteiger partial charge in [-0.3, -0.25) is 4.79 Å². The molecule has 3 nitrogen and oxygen atoms in total. The third kappa shape index (κ3) is 4.49. The molecule has 2 saturated carbocycles. The van der Waals surface area contributed by atoms with Crippen molar-refractivity contribution < 1.29 is 14.1 Å². The molecule has 8 rings (SSSR count). The molecule has 1 heterocycles. The second-order valence-electron chi connectivity index (χ2n) is 14.2. The molecular weight excluding hydrogens is 630 g/mol. The molecule has 0 amide bonds. The van der Waals surface area contributed by atoms with Crippen molar-refractivity contribution in [2.45, 2.75) is 69.8 Å². The molecular formula is C40H39Cl2O3P. The Morgan fingerprint density at radius 2 is 1.43 bits per heavy atom. The summed E-state index contributed by atoms with van der Waals surface area (Å²) in [5.41, 5.74) is 6.49. The van der Waals surface area contributed by atoms with Crippen LogP contribution < -0.4 is 15.9 Å². The van der Waals surface area contributed by atoms with Crippen molar-refractivity contribution in [2.24, 2.45) is 17.3 Å². The average molecular weight is 670 g/mol. The van der Waals surface area contributed by atoms with Gasteiger partial charge in [0.05, 0.1) is 12.2 Å². The first-order valence-electron chi connectivity index (χ1n) is 16.7. The molecule has 3 aromatic carbocycles. The molecule has 1 spiro atoms. The first-order valence-corrected chi connectivity index (χ1v) is 19.1. The van der Waals surface area contributed by atoms with Crippen molar-refractivity contribution in [1.29, 1.82) is 0 Å². The first-order chi connectivity index (χ1) is 22.1. The Hall–Kier alpha value is -2.68. The minimum atomic E-state index is -3.20. The molecule has 3 aromatic rings. The Labute approximate surface area is 282 Å². The van der Waals surface area contributed by atoms with Crippen molar-refractivity contribution in [2.75, 3.05) is 6.61 Å². The molecule has 1 aliphatic heterocycles. The van der Waals surface area contributed by atoms with Gasteiger partial charge in [0.2, 0.25) is 0 Å². The van der Waals surface area contributed by atoms with E-state index in [0.29, 0.717) is 28.3 Å². The summed E-state index contributed by atoms with van der Waals surface area (Å²) in [6.07, 6.45) is 9.56. The molecule has 0 N–H and O–H groups in total. The fourth-order valence-electron chi connectivity index (χ4n) is 10.1. The van der Waals surface area contributed by atoms with Crippen LogP contribution in [0.25, 0.3) is 0 Å². The normalized spacial score (nSPS) is 30.7. The van der Waals surface area contributed by atoms with E-state index in [1.54, 1.807) is 29.8 Å². The van der Waals surface area contributed by atoms with E-state index in [2.05, 4.69) is 37.8 Å². The van der Waals surface area contributed by atoms with Crippen LogP contribution in [-0.2, 0) is 14.1 Å². The zero-order valence-corrected chi connectivity index (χ0v) is 28.6. The summed E-state index contributed by atoms with van der Waals surface area (Å²) >= 11 is 12.5. The van der Waals surface area contributed by atoms with Crippen molar-refractivity contribution >= 4 is 52.0 Å². The molecule has 0 aromatic heterocycles. The smallest absolute Gasteiger partial charge is 0.171 e. The number of rotatable bonds is 4. The van der Waals surface area contributed by atoms with Crippen molar-refractivity contribution in [3.05, 3.63) is 123 Å². The van der Waals surface area contributed by atoms with E-state index >= 15 is 4.57 Å². The van der Waals surface area contributed by atoms with E-state index in [-0.39, 0.29) is 22.7 Å². The van der Waals surface area contributed by atoms with Crippen LogP contribution >= 0.6 is 30.3 Å². The third-order valence-corrected chi connectivity index (χ3v) is 15.8. The second-order valence-corrected chi connectivity index (χ2v) is 17.9. The fraction of sp³-hybridized carbons (Fsp3) is 0.375. The molecule has 0 bridgehead atoms. The summed E-state index contributed by atoms with van der Waals surface area (Å²) in [6, 6.07) is 23.3. The molecule has 1 saturated heterocycles. The van der Waals surface area contributed by atoms with Crippen LogP contribution in [0.3, 0.4) is 0 Å². The number of carbonyl (C=O) groups is 1. The van der Waals surface area contributed by atoms with Crippen LogP contribution in [0.2, 0.25) is 10.0 Å². The molecule has 6 heteroatoms.